The quantitative estimate of drug-likeness (QED) is 0.654. The van der Waals surface area contributed by atoms with Gasteiger partial charge in [0.1, 0.15) is 11.6 Å². The monoisotopic (exact) mass is 247 g/mol. The maximum absolute atomic E-state index is 13.1. The molecule has 2 N–H and O–H groups in total. The number of halogens is 2. The van der Waals surface area contributed by atoms with Gasteiger partial charge in [0.25, 0.3) is 0 Å². The highest BCUT2D eigenvalue weighted by Gasteiger charge is 2.14. The highest BCUT2D eigenvalue weighted by Crippen LogP contribution is 2.19. The zero-order valence-electron chi connectivity index (χ0n) is 9.71. The SMILES string of the molecule is Cc1cc(C(=O)c2cc(F)ccc2N)ccc1F. The second kappa shape index (κ2) is 4.56. The Balaban J connectivity index is 2.47. The average molecular weight is 247 g/mol. The van der Waals surface area contributed by atoms with Crippen molar-refractivity contribution in [3.05, 3.63) is 64.7 Å². The third-order valence-corrected chi connectivity index (χ3v) is 2.68. The summed E-state index contributed by atoms with van der Waals surface area (Å²) in [6, 6.07) is 7.58. The van der Waals surface area contributed by atoms with Gasteiger partial charge in [-0.25, -0.2) is 8.78 Å². The largest absolute Gasteiger partial charge is 0.398 e. The van der Waals surface area contributed by atoms with Crippen molar-refractivity contribution in [2.24, 2.45) is 0 Å². The molecule has 0 saturated heterocycles. The molecule has 0 saturated carbocycles. The number of carbonyl (C=O) groups excluding carboxylic acids is 1. The van der Waals surface area contributed by atoms with Gasteiger partial charge in [-0.1, -0.05) is 0 Å². The zero-order valence-corrected chi connectivity index (χ0v) is 9.71. The number of rotatable bonds is 2. The van der Waals surface area contributed by atoms with Gasteiger partial charge in [0.2, 0.25) is 0 Å². The Hall–Kier alpha value is -2.23. The first kappa shape index (κ1) is 12.2. The summed E-state index contributed by atoms with van der Waals surface area (Å²) in [6.45, 7) is 1.56. The van der Waals surface area contributed by atoms with Crippen LogP contribution in [0.3, 0.4) is 0 Å². The van der Waals surface area contributed by atoms with Crippen molar-refractivity contribution in [3.63, 3.8) is 0 Å². The fraction of sp³-hybridized carbons (Fsp3) is 0.0714. The summed E-state index contributed by atoms with van der Waals surface area (Å²) in [5, 5.41) is 0. The summed E-state index contributed by atoms with van der Waals surface area (Å²) in [5.74, 6) is -1.35. The minimum absolute atomic E-state index is 0.0843. The Bertz CT molecular complexity index is 623. The molecule has 2 nitrogen and oxygen atoms in total. The van der Waals surface area contributed by atoms with E-state index in [4.69, 9.17) is 5.73 Å². The molecule has 0 amide bonds. The van der Waals surface area contributed by atoms with Crippen LogP contribution in [0.1, 0.15) is 21.5 Å². The van der Waals surface area contributed by atoms with Crippen LogP contribution in [-0.2, 0) is 0 Å². The summed E-state index contributed by atoms with van der Waals surface area (Å²) in [6.07, 6.45) is 0. The molecular formula is C14H11F2NO. The van der Waals surface area contributed by atoms with Crippen molar-refractivity contribution in [2.75, 3.05) is 5.73 Å². The second-order valence-electron chi connectivity index (χ2n) is 4.02. The van der Waals surface area contributed by atoms with Gasteiger partial charge in [-0.05, 0) is 48.9 Å². The third-order valence-electron chi connectivity index (χ3n) is 2.68. The molecule has 0 aliphatic heterocycles. The lowest BCUT2D eigenvalue weighted by Gasteiger charge is -2.06. The standard InChI is InChI=1S/C14H11F2NO/c1-8-6-9(2-4-12(8)16)14(18)11-7-10(15)3-5-13(11)17/h2-7H,17H2,1H3. The van der Waals surface area contributed by atoms with Crippen molar-refractivity contribution in [2.45, 2.75) is 6.92 Å². The van der Waals surface area contributed by atoms with Gasteiger partial charge in [-0.2, -0.15) is 0 Å². The number of aryl methyl sites for hydroxylation is 1. The number of hydrogen-bond donors (Lipinski definition) is 1. The van der Waals surface area contributed by atoms with E-state index in [-0.39, 0.29) is 16.8 Å². The molecule has 0 unspecified atom stereocenters. The lowest BCUT2D eigenvalue weighted by atomic mass is 10.00. The molecule has 92 valence electrons. The van der Waals surface area contributed by atoms with E-state index in [0.717, 1.165) is 6.07 Å². The summed E-state index contributed by atoms with van der Waals surface area (Å²) < 4.78 is 26.2. The third kappa shape index (κ3) is 2.22. The summed E-state index contributed by atoms with van der Waals surface area (Å²) in [5.41, 5.74) is 6.56. The maximum Gasteiger partial charge on any atom is 0.195 e. The van der Waals surface area contributed by atoms with Crippen LogP contribution in [0, 0.1) is 18.6 Å². The summed E-state index contributed by atoms with van der Waals surface area (Å²) >= 11 is 0. The van der Waals surface area contributed by atoms with E-state index >= 15 is 0 Å². The molecule has 0 atom stereocenters. The molecule has 0 aliphatic carbocycles. The minimum atomic E-state index is -0.536. The van der Waals surface area contributed by atoms with Crippen molar-refractivity contribution in [1.29, 1.82) is 0 Å². The summed E-state index contributed by atoms with van der Waals surface area (Å²) in [7, 11) is 0. The first-order valence-corrected chi connectivity index (χ1v) is 5.35. The first-order valence-electron chi connectivity index (χ1n) is 5.35. The van der Waals surface area contributed by atoms with E-state index < -0.39 is 17.4 Å². The molecule has 2 aromatic rings. The van der Waals surface area contributed by atoms with E-state index in [2.05, 4.69) is 0 Å². The predicted octanol–water partition coefficient (Wildman–Crippen LogP) is 3.09. The van der Waals surface area contributed by atoms with Crippen molar-refractivity contribution in [1.82, 2.24) is 0 Å². The topological polar surface area (TPSA) is 43.1 Å². The first-order chi connectivity index (χ1) is 8.49. The number of hydrogen-bond acceptors (Lipinski definition) is 2. The molecule has 0 bridgehead atoms. The molecule has 18 heavy (non-hydrogen) atoms. The van der Waals surface area contributed by atoms with Crippen LogP contribution in [0.5, 0.6) is 0 Å². The average Bonchev–Trinajstić information content (AvgIpc) is 2.35. The summed E-state index contributed by atoms with van der Waals surface area (Å²) in [4.78, 5) is 12.1. The van der Waals surface area contributed by atoms with Gasteiger partial charge in [0.05, 0.1) is 0 Å². The van der Waals surface area contributed by atoms with E-state index in [9.17, 15) is 13.6 Å². The van der Waals surface area contributed by atoms with Crippen LogP contribution in [0.2, 0.25) is 0 Å². The van der Waals surface area contributed by atoms with E-state index in [1.807, 2.05) is 0 Å². The molecular weight excluding hydrogens is 236 g/mol. The van der Waals surface area contributed by atoms with E-state index in [0.29, 0.717) is 5.56 Å². The van der Waals surface area contributed by atoms with Crippen LogP contribution >= 0.6 is 0 Å². The molecule has 0 aromatic heterocycles. The number of ketones is 1. The Labute approximate surface area is 103 Å². The smallest absolute Gasteiger partial charge is 0.195 e. The number of benzene rings is 2. The molecule has 0 spiro atoms. The molecule has 0 heterocycles. The van der Waals surface area contributed by atoms with Gasteiger partial charge in [0, 0.05) is 16.8 Å². The van der Waals surface area contributed by atoms with Crippen LogP contribution in [0.25, 0.3) is 0 Å². The van der Waals surface area contributed by atoms with Crippen LogP contribution in [0.4, 0.5) is 14.5 Å². The molecule has 4 heteroatoms. The highest BCUT2D eigenvalue weighted by molar-refractivity contribution is 6.12. The Morgan fingerprint density at radius 2 is 1.83 bits per heavy atom. The maximum atomic E-state index is 13.1. The van der Waals surface area contributed by atoms with Gasteiger partial charge < -0.3 is 5.73 Å². The van der Waals surface area contributed by atoms with Gasteiger partial charge >= 0.3 is 0 Å². The second-order valence-corrected chi connectivity index (χ2v) is 4.02. The predicted molar refractivity (Wildman–Crippen MR) is 65.4 cm³/mol. The van der Waals surface area contributed by atoms with E-state index in [1.165, 1.54) is 30.3 Å². The number of nitrogen functional groups attached to an aromatic ring is 1. The van der Waals surface area contributed by atoms with Crippen LogP contribution in [-0.4, -0.2) is 5.78 Å². The molecule has 0 fully saturated rings. The van der Waals surface area contributed by atoms with Crippen molar-refractivity contribution in [3.8, 4) is 0 Å². The Morgan fingerprint density at radius 1 is 1.11 bits per heavy atom. The lowest BCUT2D eigenvalue weighted by Crippen LogP contribution is -2.06. The Kier molecular flexibility index (Phi) is 3.10. The Morgan fingerprint density at radius 3 is 2.50 bits per heavy atom. The van der Waals surface area contributed by atoms with Crippen LogP contribution < -0.4 is 5.73 Å². The highest BCUT2D eigenvalue weighted by atomic mass is 19.1. The molecule has 2 aromatic carbocycles. The molecule has 0 radical (unpaired) electrons. The molecule has 2 rings (SSSR count). The van der Waals surface area contributed by atoms with Crippen LogP contribution in [0.15, 0.2) is 36.4 Å². The fourth-order valence-electron chi connectivity index (χ4n) is 1.67. The number of nitrogens with two attached hydrogens (primary N) is 1. The number of anilines is 1. The molecule has 0 aliphatic rings. The van der Waals surface area contributed by atoms with Crippen molar-refractivity contribution < 1.29 is 13.6 Å². The van der Waals surface area contributed by atoms with Gasteiger partial charge in [-0.3, -0.25) is 4.79 Å². The van der Waals surface area contributed by atoms with Gasteiger partial charge in [-0.15, -0.1) is 0 Å². The zero-order chi connectivity index (χ0) is 13.3. The number of carbonyl (C=O) groups is 1. The van der Waals surface area contributed by atoms with Crippen molar-refractivity contribution >= 4 is 11.5 Å². The normalized spacial score (nSPS) is 10.4. The fourth-order valence-corrected chi connectivity index (χ4v) is 1.67. The minimum Gasteiger partial charge on any atom is -0.398 e. The van der Waals surface area contributed by atoms with E-state index in [1.54, 1.807) is 6.92 Å². The van der Waals surface area contributed by atoms with Gasteiger partial charge in [0.15, 0.2) is 5.78 Å². The lowest BCUT2D eigenvalue weighted by molar-refractivity contribution is 0.103.